The lowest BCUT2D eigenvalue weighted by Gasteiger charge is -2.01. The lowest BCUT2D eigenvalue weighted by atomic mass is 10.2. The molecule has 0 radical (unpaired) electrons. The van der Waals surface area contributed by atoms with Crippen LogP contribution in [0, 0.1) is 0 Å². The number of ether oxygens (including phenoxy) is 1. The van der Waals surface area contributed by atoms with Crippen LogP contribution < -0.4 is 0 Å². The molecule has 0 amide bonds. The van der Waals surface area contributed by atoms with Crippen LogP contribution in [-0.2, 0) is 4.74 Å². The van der Waals surface area contributed by atoms with Crippen molar-refractivity contribution in [3.63, 3.8) is 0 Å². The Morgan fingerprint density at radius 3 is 3.20 bits per heavy atom. The predicted octanol–water partition coefficient (Wildman–Crippen LogP) is 2.27. The minimum atomic E-state index is -0.312. The van der Waals surface area contributed by atoms with Crippen molar-refractivity contribution in [2.24, 2.45) is 0 Å². The first-order valence-corrected chi connectivity index (χ1v) is 5.31. The van der Waals surface area contributed by atoms with E-state index < -0.39 is 0 Å². The summed E-state index contributed by atoms with van der Waals surface area (Å²) >= 11 is 3.35. The van der Waals surface area contributed by atoms with E-state index in [0.29, 0.717) is 12.2 Å². The van der Waals surface area contributed by atoms with E-state index in [0.717, 1.165) is 9.99 Å². The fourth-order valence-corrected chi connectivity index (χ4v) is 1.68. The summed E-state index contributed by atoms with van der Waals surface area (Å²) in [6, 6.07) is 3.43. The number of rotatable bonds is 2. The topological polar surface area (TPSA) is 43.6 Å². The highest BCUT2D eigenvalue weighted by Crippen LogP contribution is 2.18. The molecule has 15 heavy (non-hydrogen) atoms. The molecule has 0 atom stereocenters. The van der Waals surface area contributed by atoms with Crippen molar-refractivity contribution in [1.29, 1.82) is 0 Å². The van der Waals surface area contributed by atoms with Gasteiger partial charge in [-0.05, 0) is 35.0 Å². The number of hydrogen-bond donors (Lipinski definition) is 0. The van der Waals surface area contributed by atoms with Gasteiger partial charge in [0.1, 0.15) is 0 Å². The number of halogens is 1. The second kappa shape index (κ2) is 4.02. The lowest BCUT2D eigenvalue weighted by molar-refractivity contribution is 0.0526. The van der Waals surface area contributed by atoms with Gasteiger partial charge in [0.25, 0.3) is 0 Å². The van der Waals surface area contributed by atoms with Gasteiger partial charge in [0.2, 0.25) is 0 Å². The molecule has 0 aliphatic rings. The number of esters is 1. The van der Waals surface area contributed by atoms with Crippen molar-refractivity contribution >= 4 is 27.4 Å². The van der Waals surface area contributed by atoms with Gasteiger partial charge in [0.05, 0.1) is 28.4 Å². The molecule has 78 valence electrons. The minimum absolute atomic E-state index is 0.312. The smallest absolute Gasteiger partial charge is 0.338 e. The number of carbonyl (C=O) groups excluding carboxylic acids is 1. The quantitative estimate of drug-likeness (QED) is 0.785. The Kier molecular flexibility index (Phi) is 2.73. The van der Waals surface area contributed by atoms with Crippen LogP contribution in [0.5, 0.6) is 0 Å². The summed E-state index contributed by atoms with van der Waals surface area (Å²) in [5.74, 6) is -0.312. The maximum atomic E-state index is 11.5. The summed E-state index contributed by atoms with van der Waals surface area (Å²) < 4.78 is 7.45. The van der Waals surface area contributed by atoms with Crippen LogP contribution >= 0.6 is 15.9 Å². The summed E-state index contributed by atoms with van der Waals surface area (Å²) in [6.45, 7) is 2.16. The summed E-state index contributed by atoms with van der Waals surface area (Å²) in [4.78, 5) is 11.5. The monoisotopic (exact) mass is 268 g/mol. The van der Waals surface area contributed by atoms with Crippen molar-refractivity contribution < 1.29 is 9.53 Å². The third-order valence-electron chi connectivity index (χ3n) is 1.99. The third kappa shape index (κ3) is 1.87. The Balaban J connectivity index is 2.45. The molecular formula is C10H9BrN2O2. The van der Waals surface area contributed by atoms with Crippen LogP contribution in [0.2, 0.25) is 0 Å². The lowest BCUT2D eigenvalue weighted by Crippen LogP contribution is -2.05. The van der Waals surface area contributed by atoms with Gasteiger partial charge in [-0.15, -0.1) is 0 Å². The van der Waals surface area contributed by atoms with Crippen LogP contribution in [0.4, 0.5) is 0 Å². The zero-order valence-electron chi connectivity index (χ0n) is 8.11. The first-order chi connectivity index (χ1) is 7.22. The number of hydrogen-bond acceptors (Lipinski definition) is 3. The average Bonchev–Trinajstić information content (AvgIpc) is 2.60. The highest BCUT2D eigenvalue weighted by molar-refractivity contribution is 9.10. The van der Waals surface area contributed by atoms with Gasteiger partial charge in [0.15, 0.2) is 0 Å². The molecule has 2 aromatic rings. The minimum Gasteiger partial charge on any atom is -0.462 e. The van der Waals surface area contributed by atoms with E-state index in [1.54, 1.807) is 36.0 Å². The third-order valence-corrected chi connectivity index (χ3v) is 2.60. The molecule has 0 saturated carbocycles. The molecule has 0 saturated heterocycles. The van der Waals surface area contributed by atoms with Crippen LogP contribution in [0.1, 0.15) is 17.3 Å². The molecule has 0 unspecified atom stereocenters. The zero-order valence-corrected chi connectivity index (χ0v) is 9.69. The van der Waals surface area contributed by atoms with E-state index in [1.165, 1.54) is 0 Å². The van der Waals surface area contributed by atoms with Gasteiger partial charge in [0, 0.05) is 6.20 Å². The van der Waals surface area contributed by atoms with Crippen LogP contribution in [0.15, 0.2) is 29.0 Å². The molecule has 0 aliphatic heterocycles. The second-order valence-corrected chi connectivity index (χ2v) is 3.81. The standard InChI is InChI=1S/C10H9BrN2O2/c1-2-15-10(14)7-3-4-13-9(5-7)8(11)6-12-13/h3-6H,2H2,1H3. The predicted molar refractivity (Wildman–Crippen MR) is 58.8 cm³/mol. The first kappa shape index (κ1) is 10.2. The molecule has 2 heterocycles. The summed E-state index contributed by atoms with van der Waals surface area (Å²) in [7, 11) is 0. The van der Waals surface area contributed by atoms with Crippen molar-refractivity contribution in [2.45, 2.75) is 6.92 Å². The van der Waals surface area contributed by atoms with Gasteiger partial charge in [-0.3, -0.25) is 0 Å². The van der Waals surface area contributed by atoms with Crippen molar-refractivity contribution in [3.05, 3.63) is 34.6 Å². The molecule has 0 aromatic carbocycles. The van der Waals surface area contributed by atoms with Crippen LogP contribution in [0.3, 0.4) is 0 Å². The summed E-state index contributed by atoms with van der Waals surface area (Å²) in [5, 5.41) is 4.08. The number of nitrogens with zero attached hydrogens (tertiary/aromatic N) is 2. The van der Waals surface area contributed by atoms with Crippen molar-refractivity contribution in [2.75, 3.05) is 6.61 Å². The van der Waals surface area contributed by atoms with Gasteiger partial charge in [-0.25, -0.2) is 9.31 Å². The summed E-state index contributed by atoms with van der Waals surface area (Å²) in [5.41, 5.74) is 1.38. The number of aromatic nitrogens is 2. The Morgan fingerprint density at radius 1 is 1.67 bits per heavy atom. The highest BCUT2D eigenvalue weighted by Gasteiger charge is 2.08. The fourth-order valence-electron chi connectivity index (χ4n) is 1.29. The van der Waals surface area contributed by atoms with E-state index in [9.17, 15) is 4.79 Å². The maximum absolute atomic E-state index is 11.5. The largest absolute Gasteiger partial charge is 0.462 e. The highest BCUT2D eigenvalue weighted by atomic mass is 79.9. The Hall–Kier alpha value is -1.36. The van der Waals surface area contributed by atoms with E-state index in [2.05, 4.69) is 21.0 Å². The zero-order chi connectivity index (χ0) is 10.8. The molecule has 0 fully saturated rings. The molecule has 2 rings (SSSR count). The molecule has 4 nitrogen and oxygen atoms in total. The van der Waals surface area contributed by atoms with E-state index >= 15 is 0 Å². The second-order valence-electron chi connectivity index (χ2n) is 2.96. The fraction of sp³-hybridized carbons (Fsp3) is 0.200. The Labute approximate surface area is 95.0 Å². The molecule has 0 aliphatic carbocycles. The number of carbonyl (C=O) groups is 1. The Bertz CT molecular complexity index is 507. The molecule has 2 aromatic heterocycles. The van der Waals surface area contributed by atoms with Crippen molar-refractivity contribution in [3.8, 4) is 0 Å². The Morgan fingerprint density at radius 2 is 2.47 bits per heavy atom. The van der Waals surface area contributed by atoms with E-state index in [-0.39, 0.29) is 5.97 Å². The average molecular weight is 269 g/mol. The van der Waals surface area contributed by atoms with E-state index in [4.69, 9.17) is 4.74 Å². The summed E-state index contributed by atoms with van der Waals surface area (Å²) in [6.07, 6.45) is 3.41. The maximum Gasteiger partial charge on any atom is 0.338 e. The number of fused-ring (bicyclic) bond motifs is 1. The first-order valence-electron chi connectivity index (χ1n) is 4.52. The molecular weight excluding hydrogens is 260 g/mol. The van der Waals surface area contributed by atoms with Crippen molar-refractivity contribution in [1.82, 2.24) is 9.61 Å². The SMILES string of the molecule is CCOC(=O)c1ccn2ncc(Br)c2c1. The number of pyridine rings is 1. The van der Waals surface area contributed by atoms with Gasteiger partial charge in [-0.2, -0.15) is 5.10 Å². The molecule has 5 heteroatoms. The van der Waals surface area contributed by atoms with Gasteiger partial charge < -0.3 is 4.74 Å². The normalized spacial score (nSPS) is 10.5. The van der Waals surface area contributed by atoms with Gasteiger partial charge >= 0.3 is 5.97 Å². The van der Waals surface area contributed by atoms with E-state index in [1.807, 2.05) is 0 Å². The molecule has 0 N–H and O–H groups in total. The van der Waals surface area contributed by atoms with Crippen LogP contribution in [-0.4, -0.2) is 22.2 Å². The molecule has 0 bridgehead atoms. The van der Waals surface area contributed by atoms with Gasteiger partial charge in [-0.1, -0.05) is 0 Å². The molecule has 0 spiro atoms. The van der Waals surface area contributed by atoms with Crippen LogP contribution in [0.25, 0.3) is 5.52 Å².